The second kappa shape index (κ2) is 9.35. The van der Waals surface area contributed by atoms with Crippen molar-refractivity contribution in [2.75, 3.05) is 16.4 Å². The van der Waals surface area contributed by atoms with Crippen molar-refractivity contribution in [1.82, 2.24) is 15.0 Å². The monoisotopic (exact) mass is 440 g/mol. The molecule has 166 valence electrons. The van der Waals surface area contributed by atoms with E-state index in [1.54, 1.807) is 6.07 Å². The molecule has 1 heterocycles. The molecule has 4 N–H and O–H groups in total. The van der Waals surface area contributed by atoms with Gasteiger partial charge in [-0.2, -0.15) is 0 Å². The molecule has 4 aromatic rings. The average Bonchev–Trinajstić information content (AvgIpc) is 3.27. The zero-order valence-corrected chi connectivity index (χ0v) is 18.4. The molecule has 0 fully saturated rings. The van der Waals surface area contributed by atoms with E-state index in [1.165, 1.54) is 10.9 Å². The van der Waals surface area contributed by atoms with Crippen LogP contribution in [0.4, 0.5) is 17.1 Å². The van der Waals surface area contributed by atoms with E-state index in [2.05, 4.69) is 20.9 Å². The fraction of sp³-hybridized carbons (Fsp3) is 0.120. The summed E-state index contributed by atoms with van der Waals surface area (Å²) in [6.45, 7) is 3.79. The molecule has 3 aromatic carbocycles. The number of aryl methyl sites for hydroxylation is 2. The number of nitrogens with zero attached hydrogens (tertiary/aromatic N) is 3. The Bertz CT molecular complexity index is 1290. The highest BCUT2D eigenvalue weighted by molar-refractivity contribution is 6.04. The van der Waals surface area contributed by atoms with Gasteiger partial charge in [-0.15, -0.1) is 5.10 Å². The molecule has 0 radical (unpaired) electrons. The molecule has 0 unspecified atom stereocenters. The largest absolute Gasteiger partial charge is 0.397 e. The van der Waals surface area contributed by atoms with Gasteiger partial charge in [-0.25, -0.2) is 4.68 Å². The summed E-state index contributed by atoms with van der Waals surface area (Å²) >= 11 is 0. The van der Waals surface area contributed by atoms with Gasteiger partial charge in [-0.3, -0.25) is 9.59 Å². The third-order valence-electron chi connectivity index (χ3n) is 5.23. The number of nitrogens with one attached hydrogen (secondary N) is 2. The minimum atomic E-state index is -0.465. The molecule has 0 saturated carbocycles. The summed E-state index contributed by atoms with van der Waals surface area (Å²) in [6, 6.07) is 21.0. The first-order valence-electron chi connectivity index (χ1n) is 10.4. The van der Waals surface area contributed by atoms with E-state index in [9.17, 15) is 9.59 Å². The van der Waals surface area contributed by atoms with Crippen molar-refractivity contribution in [2.24, 2.45) is 0 Å². The fourth-order valence-corrected chi connectivity index (χ4v) is 3.48. The second-order valence-electron chi connectivity index (χ2n) is 7.74. The molecule has 0 aliphatic heterocycles. The first-order chi connectivity index (χ1) is 15.9. The highest BCUT2D eigenvalue weighted by atomic mass is 16.2. The number of hydrogen-bond donors (Lipinski definition) is 3. The lowest BCUT2D eigenvalue weighted by molar-refractivity contribution is -0.116. The van der Waals surface area contributed by atoms with Crippen LogP contribution >= 0.6 is 0 Å². The Kier molecular flexibility index (Phi) is 6.17. The van der Waals surface area contributed by atoms with Crippen molar-refractivity contribution in [3.05, 3.63) is 89.7 Å². The molecule has 2 amide bonds. The molecular formula is C25H24N6O2. The van der Waals surface area contributed by atoms with Crippen LogP contribution in [0.25, 0.3) is 11.1 Å². The lowest BCUT2D eigenvalue weighted by Crippen LogP contribution is -2.20. The number of hydrogen-bond acceptors (Lipinski definition) is 5. The van der Waals surface area contributed by atoms with E-state index in [0.717, 1.165) is 27.9 Å². The van der Waals surface area contributed by atoms with Gasteiger partial charge in [0.15, 0.2) is 5.69 Å². The summed E-state index contributed by atoms with van der Waals surface area (Å²) in [7, 11) is 0. The SMILES string of the molecule is Cc1cccc(C)c1NC(=O)Cn1cc(C(=O)Nc2cc(-c3ccccc3)ccc2N)nn1. The van der Waals surface area contributed by atoms with Crippen LogP contribution in [0.1, 0.15) is 21.6 Å². The predicted octanol–water partition coefficient (Wildman–Crippen LogP) is 4.04. The van der Waals surface area contributed by atoms with Gasteiger partial charge < -0.3 is 16.4 Å². The number of carbonyl (C=O) groups is 2. The summed E-state index contributed by atoms with van der Waals surface area (Å²) in [4.78, 5) is 25.2. The normalized spacial score (nSPS) is 10.6. The van der Waals surface area contributed by atoms with Gasteiger partial charge in [0, 0.05) is 5.69 Å². The Morgan fingerprint density at radius 2 is 1.64 bits per heavy atom. The first kappa shape index (κ1) is 21.8. The Hall–Kier alpha value is -4.46. The van der Waals surface area contributed by atoms with E-state index in [1.807, 2.05) is 74.5 Å². The molecule has 0 spiro atoms. The van der Waals surface area contributed by atoms with Crippen LogP contribution in [0.15, 0.2) is 72.9 Å². The van der Waals surface area contributed by atoms with Gasteiger partial charge in [0.1, 0.15) is 6.54 Å². The molecular weight excluding hydrogens is 416 g/mol. The predicted molar refractivity (Wildman–Crippen MR) is 129 cm³/mol. The maximum absolute atomic E-state index is 12.7. The summed E-state index contributed by atoms with van der Waals surface area (Å²) in [5, 5.41) is 13.5. The van der Waals surface area contributed by atoms with Crippen LogP contribution < -0.4 is 16.4 Å². The van der Waals surface area contributed by atoms with Gasteiger partial charge in [0.2, 0.25) is 5.91 Å². The lowest BCUT2D eigenvalue weighted by atomic mass is 10.0. The maximum atomic E-state index is 12.7. The molecule has 1 aromatic heterocycles. The molecule has 8 heteroatoms. The average molecular weight is 441 g/mol. The fourth-order valence-electron chi connectivity index (χ4n) is 3.48. The van der Waals surface area contributed by atoms with E-state index >= 15 is 0 Å². The van der Waals surface area contributed by atoms with E-state index in [4.69, 9.17) is 5.73 Å². The first-order valence-corrected chi connectivity index (χ1v) is 10.4. The minimum absolute atomic E-state index is 0.0698. The van der Waals surface area contributed by atoms with Gasteiger partial charge in [0.25, 0.3) is 5.91 Å². The van der Waals surface area contributed by atoms with E-state index in [-0.39, 0.29) is 18.1 Å². The summed E-state index contributed by atoms with van der Waals surface area (Å²) in [5.74, 6) is -0.725. The van der Waals surface area contributed by atoms with Crippen molar-refractivity contribution in [3.8, 4) is 11.1 Å². The molecule has 0 aliphatic rings. The van der Waals surface area contributed by atoms with E-state index in [0.29, 0.717) is 11.4 Å². The topological polar surface area (TPSA) is 115 Å². The number of rotatable bonds is 6. The minimum Gasteiger partial charge on any atom is -0.397 e. The summed E-state index contributed by atoms with van der Waals surface area (Å²) in [5.41, 5.74) is 11.7. The highest BCUT2D eigenvalue weighted by Gasteiger charge is 2.15. The Balaban J connectivity index is 1.44. The van der Waals surface area contributed by atoms with Crippen molar-refractivity contribution in [1.29, 1.82) is 0 Å². The van der Waals surface area contributed by atoms with Crippen molar-refractivity contribution in [2.45, 2.75) is 20.4 Å². The molecule has 8 nitrogen and oxygen atoms in total. The molecule has 0 bridgehead atoms. The number of benzene rings is 3. The third kappa shape index (κ3) is 5.07. The van der Waals surface area contributed by atoms with Gasteiger partial charge in [-0.1, -0.05) is 59.8 Å². The van der Waals surface area contributed by atoms with Crippen LogP contribution in [0.3, 0.4) is 0 Å². The standard InChI is InChI=1S/C25H24N6O2/c1-16-7-6-8-17(2)24(16)28-23(32)15-31-14-22(29-30-31)25(33)27-21-13-19(11-12-20(21)26)18-9-4-3-5-10-18/h3-14H,15,26H2,1-2H3,(H,27,33)(H,28,32). The number of amides is 2. The number of nitrogens with two attached hydrogens (primary N) is 1. The van der Waals surface area contributed by atoms with Crippen LogP contribution in [-0.4, -0.2) is 26.8 Å². The lowest BCUT2D eigenvalue weighted by Gasteiger charge is -2.11. The van der Waals surface area contributed by atoms with Crippen LogP contribution in [0.5, 0.6) is 0 Å². The number of carbonyl (C=O) groups excluding carboxylic acids is 2. The number of anilines is 3. The third-order valence-corrected chi connectivity index (χ3v) is 5.23. The smallest absolute Gasteiger partial charge is 0.277 e. The number of aromatic nitrogens is 3. The van der Waals surface area contributed by atoms with Crippen LogP contribution in [-0.2, 0) is 11.3 Å². The van der Waals surface area contributed by atoms with E-state index < -0.39 is 5.91 Å². The van der Waals surface area contributed by atoms with Crippen molar-refractivity contribution >= 4 is 28.9 Å². The number of nitrogen functional groups attached to an aromatic ring is 1. The van der Waals surface area contributed by atoms with Crippen LogP contribution in [0, 0.1) is 13.8 Å². The maximum Gasteiger partial charge on any atom is 0.277 e. The van der Waals surface area contributed by atoms with Gasteiger partial charge >= 0.3 is 0 Å². The second-order valence-corrected chi connectivity index (χ2v) is 7.74. The quantitative estimate of drug-likeness (QED) is 0.392. The zero-order chi connectivity index (χ0) is 23.4. The molecule has 0 saturated heterocycles. The Morgan fingerprint density at radius 3 is 2.36 bits per heavy atom. The molecule has 33 heavy (non-hydrogen) atoms. The van der Waals surface area contributed by atoms with Crippen molar-refractivity contribution in [3.63, 3.8) is 0 Å². The number of para-hydroxylation sites is 1. The molecule has 0 atom stereocenters. The van der Waals surface area contributed by atoms with Crippen molar-refractivity contribution < 1.29 is 9.59 Å². The van der Waals surface area contributed by atoms with Gasteiger partial charge in [0.05, 0.1) is 17.6 Å². The van der Waals surface area contributed by atoms with Gasteiger partial charge in [-0.05, 0) is 48.2 Å². The Morgan fingerprint density at radius 1 is 0.909 bits per heavy atom. The molecule has 4 rings (SSSR count). The van der Waals surface area contributed by atoms with Crippen LogP contribution in [0.2, 0.25) is 0 Å². The summed E-state index contributed by atoms with van der Waals surface area (Å²) < 4.78 is 1.32. The Labute approximate surface area is 191 Å². The summed E-state index contributed by atoms with van der Waals surface area (Å²) in [6.07, 6.45) is 1.43. The molecule has 0 aliphatic carbocycles. The highest BCUT2D eigenvalue weighted by Crippen LogP contribution is 2.27. The zero-order valence-electron chi connectivity index (χ0n) is 18.4.